The maximum atomic E-state index is 4.26. The van der Waals surface area contributed by atoms with E-state index < -0.39 is 0 Å². The molecule has 18 heavy (non-hydrogen) atoms. The van der Waals surface area contributed by atoms with E-state index in [4.69, 9.17) is 0 Å². The molecule has 0 bridgehead atoms. The van der Waals surface area contributed by atoms with Gasteiger partial charge in [0, 0.05) is 25.0 Å². The molecule has 1 heterocycles. The summed E-state index contributed by atoms with van der Waals surface area (Å²) in [5, 5.41) is 7.90. The van der Waals surface area contributed by atoms with Crippen molar-refractivity contribution in [3.63, 3.8) is 0 Å². The Balaban J connectivity index is 1.67. The minimum atomic E-state index is 0.721. The van der Waals surface area contributed by atoms with Crippen molar-refractivity contribution in [1.29, 1.82) is 0 Å². The molecule has 1 aliphatic rings. The van der Waals surface area contributed by atoms with E-state index in [1.807, 2.05) is 23.1 Å². The Morgan fingerprint density at radius 1 is 1.22 bits per heavy atom. The molecule has 1 saturated carbocycles. The van der Waals surface area contributed by atoms with Gasteiger partial charge in [0.2, 0.25) is 0 Å². The number of nitrogens with zero attached hydrogens (tertiary/aromatic N) is 2. The van der Waals surface area contributed by atoms with Crippen molar-refractivity contribution in [2.75, 3.05) is 0 Å². The van der Waals surface area contributed by atoms with E-state index >= 15 is 0 Å². The van der Waals surface area contributed by atoms with Crippen LogP contribution in [-0.4, -0.2) is 15.8 Å². The van der Waals surface area contributed by atoms with E-state index in [9.17, 15) is 0 Å². The van der Waals surface area contributed by atoms with Crippen molar-refractivity contribution in [2.45, 2.75) is 38.3 Å². The summed E-state index contributed by atoms with van der Waals surface area (Å²) in [6.45, 7) is 0.958. The summed E-state index contributed by atoms with van der Waals surface area (Å²) in [6.07, 6.45) is 9.21. The van der Waals surface area contributed by atoms with Gasteiger partial charge in [0.25, 0.3) is 0 Å². The normalized spacial score (nSPS) is 16.2. The van der Waals surface area contributed by atoms with E-state index in [0.717, 1.165) is 18.3 Å². The van der Waals surface area contributed by atoms with Gasteiger partial charge >= 0.3 is 0 Å². The summed E-state index contributed by atoms with van der Waals surface area (Å²) in [5.74, 6) is 0. The molecule has 0 saturated heterocycles. The lowest BCUT2D eigenvalue weighted by Crippen LogP contribution is -2.25. The second-order valence-electron chi connectivity index (χ2n) is 4.98. The smallest absolute Gasteiger partial charge is 0.0648 e. The lowest BCUT2D eigenvalue weighted by Gasteiger charge is -2.12. The highest BCUT2D eigenvalue weighted by Crippen LogP contribution is 2.18. The molecule has 3 rings (SSSR count). The minimum Gasteiger partial charge on any atom is -0.310 e. The van der Waals surface area contributed by atoms with E-state index in [1.54, 1.807) is 0 Å². The van der Waals surface area contributed by atoms with Crippen molar-refractivity contribution < 1.29 is 0 Å². The SMILES string of the molecule is c1cc(CNC2CCCC2)cc(-n2cccn2)c1. The highest BCUT2D eigenvalue weighted by Gasteiger charge is 2.13. The predicted molar refractivity (Wildman–Crippen MR) is 72.7 cm³/mol. The predicted octanol–water partition coefficient (Wildman–Crippen LogP) is 2.90. The second kappa shape index (κ2) is 5.36. The standard InChI is InChI=1S/C15H19N3/c1-2-7-14(6-1)16-12-13-5-3-8-15(11-13)18-10-4-9-17-18/h3-5,8-11,14,16H,1-2,6-7,12H2. The highest BCUT2D eigenvalue weighted by molar-refractivity contribution is 5.34. The van der Waals surface area contributed by atoms with Crippen LogP contribution in [0.3, 0.4) is 0 Å². The Morgan fingerprint density at radius 2 is 2.11 bits per heavy atom. The fourth-order valence-corrected chi connectivity index (χ4v) is 2.62. The third-order valence-electron chi connectivity index (χ3n) is 3.63. The number of benzene rings is 1. The summed E-state index contributed by atoms with van der Waals surface area (Å²) in [5.41, 5.74) is 2.46. The molecule has 0 spiro atoms. The molecular weight excluding hydrogens is 222 g/mol. The number of aromatic nitrogens is 2. The van der Waals surface area contributed by atoms with E-state index in [2.05, 4.69) is 34.7 Å². The first-order chi connectivity index (χ1) is 8.92. The average Bonchev–Trinajstić information content (AvgIpc) is 3.10. The maximum Gasteiger partial charge on any atom is 0.0648 e. The van der Waals surface area contributed by atoms with Gasteiger partial charge in [-0.1, -0.05) is 25.0 Å². The van der Waals surface area contributed by atoms with Gasteiger partial charge in [-0.15, -0.1) is 0 Å². The monoisotopic (exact) mass is 241 g/mol. The summed E-state index contributed by atoms with van der Waals surface area (Å²) >= 11 is 0. The Kier molecular flexibility index (Phi) is 3.42. The van der Waals surface area contributed by atoms with Crippen LogP contribution in [0.25, 0.3) is 5.69 Å². The average molecular weight is 241 g/mol. The maximum absolute atomic E-state index is 4.26. The molecule has 94 valence electrons. The minimum absolute atomic E-state index is 0.721. The van der Waals surface area contributed by atoms with Gasteiger partial charge in [0.05, 0.1) is 5.69 Å². The first-order valence-corrected chi connectivity index (χ1v) is 6.74. The van der Waals surface area contributed by atoms with Crippen LogP contribution in [0.4, 0.5) is 0 Å². The fraction of sp³-hybridized carbons (Fsp3) is 0.400. The van der Waals surface area contributed by atoms with Gasteiger partial charge in [-0.2, -0.15) is 5.10 Å². The molecule has 1 aliphatic carbocycles. The van der Waals surface area contributed by atoms with Crippen molar-refractivity contribution >= 4 is 0 Å². The summed E-state index contributed by atoms with van der Waals surface area (Å²) in [4.78, 5) is 0. The Hall–Kier alpha value is -1.61. The van der Waals surface area contributed by atoms with Gasteiger partial charge in [0.1, 0.15) is 0 Å². The van der Waals surface area contributed by atoms with Gasteiger partial charge in [-0.3, -0.25) is 0 Å². The molecule has 0 aliphatic heterocycles. The zero-order valence-corrected chi connectivity index (χ0v) is 10.5. The zero-order chi connectivity index (χ0) is 12.2. The van der Waals surface area contributed by atoms with Gasteiger partial charge in [0.15, 0.2) is 0 Å². The second-order valence-corrected chi connectivity index (χ2v) is 4.98. The lowest BCUT2D eigenvalue weighted by molar-refractivity contribution is 0.524. The van der Waals surface area contributed by atoms with Crippen molar-refractivity contribution in [3.05, 3.63) is 48.3 Å². The van der Waals surface area contributed by atoms with E-state index in [-0.39, 0.29) is 0 Å². The molecule has 0 amide bonds. The molecule has 0 atom stereocenters. The van der Waals surface area contributed by atoms with Gasteiger partial charge in [-0.05, 0) is 36.6 Å². The summed E-state index contributed by atoms with van der Waals surface area (Å²) < 4.78 is 1.90. The van der Waals surface area contributed by atoms with Crippen LogP contribution >= 0.6 is 0 Å². The first kappa shape index (κ1) is 11.5. The van der Waals surface area contributed by atoms with Gasteiger partial charge < -0.3 is 5.32 Å². The van der Waals surface area contributed by atoms with Crippen molar-refractivity contribution in [1.82, 2.24) is 15.1 Å². The molecule has 1 aromatic heterocycles. The first-order valence-electron chi connectivity index (χ1n) is 6.74. The molecule has 1 N–H and O–H groups in total. The van der Waals surface area contributed by atoms with Crippen LogP contribution in [0.5, 0.6) is 0 Å². The largest absolute Gasteiger partial charge is 0.310 e. The molecule has 0 radical (unpaired) electrons. The van der Waals surface area contributed by atoms with Crippen LogP contribution in [0, 0.1) is 0 Å². The van der Waals surface area contributed by atoms with Crippen LogP contribution < -0.4 is 5.32 Å². The van der Waals surface area contributed by atoms with Crippen LogP contribution in [0.1, 0.15) is 31.2 Å². The summed E-state index contributed by atoms with van der Waals surface area (Å²) in [7, 11) is 0. The quantitative estimate of drug-likeness (QED) is 0.892. The Bertz CT molecular complexity index is 484. The van der Waals surface area contributed by atoms with E-state index in [0.29, 0.717) is 0 Å². The van der Waals surface area contributed by atoms with Crippen LogP contribution in [0.15, 0.2) is 42.7 Å². The molecular formula is C15H19N3. The molecule has 3 nitrogen and oxygen atoms in total. The van der Waals surface area contributed by atoms with Crippen molar-refractivity contribution in [2.24, 2.45) is 0 Å². The number of hydrogen-bond donors (Lipinski definition) is 1. The molecule has 3 heteroatoms. The molecule has 1 fully saturated rings. The molecule has 1 aromatic carbocycles. The Morgan fingerprint density at radius 3 is 2.89 bits per heavy atom. The Labute approximate surface area is 108 Å². The number of hydrogen-bond acceptors (Lipinski definition) is 2. The molecule has 0 unspecified atom stereocenters. The third-order valence-corrected chi connectivity index (χ3v) is 3.63. The zero-order valence-electron chi connectivity index (χ0n) is 10.5. The lowest BCUT2D eigenvalue weighted by atomic mass is 10.1. The van der Waals surface area contributed by atoms with E-state index in [1.165, 1.54) is 31.2 Å². The molecule has 2 aromatic rings. The van der Waals surface area contributed by atoms with Crippen LogP contribution in [-0.2, 0) is 6.54 Å². The fourth-order valence-electron chi connectivity index (χ4n) is 2.62. The third kappa shape index (κ3) is 2.62. The van der Waals surface area contributed by atoms with Crippen molar-refractivity contribution in [3.8, 4) is 5.69 Å². The number of nitrogens with one attached hydrogen (secondary N) is 1. The van der Waals surface area contributed by atoms with Gasteiger partial charge in [-0.25, -0.2) is 4.68 Å². The number of rotatable bonds is 4. The topological polar surface area (TPSA) is 29.9 Å². The van der Waals surface area contributed by atoms with Crippen LogP contribution in [0.2, 0.25) is 0 Å². The summed E-state index contributed by atoms with van der Waals surface area (Å²) in [6, 6.07) is 11.2. The highest BCUT2D eigenvalue weighted by atomic mass is 15.3.